The molecule has 0 aromatic heterocycles. The highest BCUT2D eigenvalue weighted by molar-refractivity contribution is 6.60. The van der Waals surface area contributed by atoms with Gasteiger partial charge >= 0.3 is 7.12 Å². The van der Waals surface area contributed by atoms with Gasteiger partial charge in [0.1, 0.15) is 0 Å². The van der Waals surface area contributed by atoms with Crippen molar-refractivity contribution in [1.29, 1.82) is 0 Å². The zero-order valence-corrected chi connectivity index (χ0v) is 33.9. The van der Waals surface area contributed by atoms with E-state index in [9.17, 15) is 10.0 Å². The highest BCUT2D eigenvalue weighted by Gasteiger charge is 2.29. The van der Waals surface area contributed by atoms with Crippen molar-refractivity contribution in [3.8, 4) is 0 Å². The van der Waals surface area contributed by atoms with E-state index in [0.29, 0.717) is 16.2 Å². The topological polar surface area (TPSA) is 46.9 Å². The average Bonchev–Trinajstić information content (AvgIpc) is 3.05. The summed E-state index contributed by atoms with van der Waals surface area (Å²) in [6.45, 7) is 26.3. The molecule has 0 fully saturated rings. The smallest absolute Gasteiger partial charge is 0.423 e. The van der Waals surface area contributed by atoms with Crippen LogP contribution >= 0.6 is 11.6 Å². The summed E-state index contributed by atoms with van der Waals surface area (Å²) in [4.78, 5) is 4.25. The van der Waals surface area contributed by atoms with Crippen molar-refractivity contribution in [3.05, 3.63) is 136 Å². The van der Waals surface area contributed by atoms with Crippen LogP contribution in [0.25, 0.3) is 0 Å². The minimum absolute atomic E-state index is 0.00976. The molecule has 52 heavy (non-hydrogen) atoms. The van der Waals surface area contributed by atoms with E-state index < -0.39 is 7.12 Å². The second-order valence-corrected chi connectivity index (χ2v) is 18.4. The van der Waals surface area contributed by atoms with Crippen LogP contribution in [0.4, 0.5) is 34.1 Å². The molecule has 0 radical (unpaired) electrons. The molecule has 6 heteroatoms. The highest BCUT2D eigenvalue weighted by Crippen LogP contribution is 2.47. The average molecular weight is 715 g/mol. The van der Waals surface area contributed by atoms with Crippen LogP contribution in [0.3, 0.4) is 0 Å². The van der Waals surface area contributed by atoms with Gasteiger partial charge < -0.3 is 19.8 Å². The van der Waals surface area contributed by atoms with Crippen molar-refractivity contribution >= 4 is 58.3 Å². The number of nitrogens with zero attached hydrogens (tertiary/aromatic N) is 2. The summed E-state index contributed by atoms with van der Waals surface area (Å²) < 4.78 is 0. The fourth-order valence-electron chi connectivity index (χ4n) is 6.45. The molecule has 0 bridgehead atoms. The van der Waals surface area contributed by atoms with Crippen LogP contribution in [0, 0.1) is 0 Å². The Morgan fingerprint density at radius 1 is 0.423 bits per heavy atom. The van der Waals surface area contributed by atoms with E-state index in [-0.39, 0.29) is 21.7 Å². The highest BCUT2D eigenvalue weighted by atomic mass is 35.5. The lowest BCUT2D eigenvalue weighted by Crippen LogP contribution is -2.35. The van der Waals surface area contributed by atoms with Gasteiger partial charge in [0.15, 0.2) is 0 Å². The molecule has 0 saturated heterocycles. The van der Waals surface area contributed by atoms with Gasteiger partial charge in [-0.1, -0.05) is 149 Å². The van der Waals surface area contributed by atoms with Crippen molar-refractivity contribution in [1.82, 2.24) is 0 Å². The van der Waals surface area contributed by atoms with Crippen molar-refractivity contribution in [2.24, 2.45) is 0 Å². The van der Waals surface area contributed by atoms with Crippen LogP contribution in [-0.4, -0.2) is 17.2 Å². The molecular weight excluding hydrogens is 659 g/mol. The minimum Gasteiger partial charge on any atom is -0.423 e. The van der Waals surface area contributed by atoms with Crippen molar-refractivity contribution in [3.63, 3.8) is 0 Å². The first-order valence-electron chi connectivity index (χ1n) is 18.3. The fraction of sp³-hybridized carbons (Fsp3) is 0.348. The minimum atomic E-state index is -1.70. The zero-order chi connectivity index (χ0) is 38.4. The van der Waals surface area contributed by atoms with Crippen LogP contribution in [0.5, 0.6) is 0 Å². The summed E-state index contributed by atoms with van der Waals surface area (Å²) in [5.74, 6) is 0. The van der Waals surface area contributed by atoms with Gasteiger partial charge in [0.2, 0.25) is 0 Å². The fourth-order valence-corrected chi connectivity index (χ4v) is 6.75. The maximum atomic E-state index is 10.8. The lowest BCUT2D eigenvalue weighted by molar-refractivity contribution is 0.425. The summed E-state index contributed by atoms with van der Waals surface area (Å²) in [6.07, 6.45) is 0. The quantitative estimate of drug-likeness (QED) is 0.165. The lowest BCUT2D eigenvalue weighted by Gasteiger charge is -2.33. The molecule has 0 spiro atoms. The van der Waals surface area contributed by atoms with E-state index in [1.54, 1.807) is 0 Å². The van der Waals surface area contributed by atoms with Crippen LogP contribution in [0.15, 0.2) is 109 Å². The maximum absolute atomic E-state index is 10.8. The molecule has 0 heterocycles. The molecule has 2 N–H and O–H groups in total. The first-order valence-corrected chi connectivity index (χ1v) is 18.7. The van der Waals surface area contributed by atoms with Gasteiger partial charge in [-0.3, -0.25) is 0 Å². The first-order chi connectivity index (χ1) is 24.1. The molecule has 0 amide bonds. The van der Waals surface area contributed by atoms with Gasteiger partial charge in [0, 0.05) is 28.2 Å². The molecular formula is C46H56BClN2O2. The number of anilines is 6. The second-order valence-electron chi connectivity index (χ2n) is 18.1. The summed E-state index contributed by atoms with van der Waals surface area (Å²) in [5.41, 5.74) is 9.89. The summed E-state index contributed by atoms with van der Waals surface area (Å²) in [5, 5.41) is 22.2. The van der Waals surface area contributed by atoms with Crippen LogP contribution in [0.1, 0.15) is 105 Å². The number of hydrogen-bond acceptors (Lipinski definition) is 4. The van der Waals surface area contributed by atoms with Gasteiger partial charge in [-0.15, -0.1) is 0 Å². The predicted octanol–water partition coefficient (Wildman–Crippen LogP) is 12.1. The lowest BCUT2D eigenvalue weighted by atomic mass is 9.74. The summed E-state index contributed by atoms with van der Waals surface area (Å²) in [7, 11) is -1.70. The molecule has 5 aromatic rings. The van der Waals surface area contributed by atoms with Gasteiger partial charge in [0.25, 0.3) is 0 Å². The first kappa shape index (κ1) is 39.2. The van der Waals surface area contributed by atoms with Gasteiger partial charge in [-0.2, -0.15) is 0 Å². The Morgan fingerprint density at radius 3 is 1.10 bits per heavy atom. The molecule has 5 aromatic carbocycles. The Bertz CT molecular complexity index is 1930. The van der Waals surface area contributed by atoms with Crippen LogP contribution < -0.4 is 15.3 Å². The Kier molecular flexibility index (Phi) is 10.9. The molecule has 0 saturated carbocycles. The van der Waals surface area contributed by atoms with Gasteiger partial charge in [-0.25, -0.2) is 0 Å². The van der Waals surface area contributed by atoms with E-state index in [4.69, 9.17) is 11.6 Å². The number of hydrogen-bond donors (Lipinski definition) is 2. The van der Waals surface area contributed by atoms with Crippen LogP contribution in [-0.2, 0) is 21.7 Å². The van der Waals surface area contributed by atoms with E-state index >= 15 is 0 Å². The predicted molar refractivity (Wildman–Crippen MR) is 225 cm³/mol. The van der Waals surface area contributed by atoms with Gasteiger partial charge in [0.05, 0.1) is 16.4 Å². The molecule has 5 rings (SSSR count). The SMILES string of the molecule is CC(C)(C)c1ccc(N(c2ccc(C(C)(C)C)cc2)c2cccc(N(c3ccc(C(C)(C)C)cc3)c3ccc(C(C)(C)C)cc3B(O)O)c2Cl)cc1. The third-order valence-electron chi connectivity index (χ3n) is 9.83. The monoisotopic (exact) mass is 714 g/mol. The molecule has 0 aliphatic heterocycles. The largest absolute Gasteiger partial charge is 0.490 e. The van der Waals surface area contributed by atoms with E-state index in [1.807, 2.05) is 35.2 Å². The number of benzene rings is 5. The Hall–Kier alpha value is -4.03. The van der Waals surface area contributed by atoms with Crippen molar-refractivity contribution in [2.45, 2.75) is 105 Å². The van der Waals surface area contributed by atoms with Crippen LogP contribution in [0.2, 0.25) is 5.02 Å². The standard InChI is InChI=1S/C46H56BClN2O2/c1-43(2,3)31-16-23-35(24-17-31)49(36-25-18-32(19-26-36)44(4,5)6)40-14-13-15-41(42(40)48)50(37-27-20-33(21-28-37)45(7,8)9)39-29-22-34(46(10,11)12)30-38(39)47(51)52/h13-30,51-52H,1-12H3. The van der Waals surface area contributed by atoms with E-state index in [0.717, 1.165) is 34.0 Å². The molecule has 0 atom stereocenters. The number of rotatable bonds is 7. The third-order valence-corrected chi connectivity index (χ3v) is 10.2. The maximum Gasteiger partial charge on any atom is 0.490 e. The van der Waals surface area contributed by atoms with E-state index in [1.165, 1.54) is 16.7 Å². The number of halogens is 1. The molecule has 0 unspecified atom stereocenters. The summed E-state index contributed by atoms with van der Waals surface area (Å²) in [6, 6.07) is 37.9. The van der Waals surface area contributed by atoms with E-state index in [2.05, 4.69) is 167 Å². The Balaban J connectivity index is 1.77. The molecule has 4 nitrogen and oxygen atoms in total. The normalized spacial score (nSPS) is 12.5. The zero-order valence-electron chi connectivity index (χ0n) is 33.1. The Morgan fingerprint density at radius 2 is 0.750 bits per heavy atom. The molecule has 272 valence electrons. The van der Waals surface area contributed by atoms with Crippen molar-refractivity contribution < 1.29 is 10.0 Å². The molecule has 0 aliphatic rings. The molecule has 0 aliphatic carbocycles. The van der Waals surface area contributed by atoms with Crippen molar-refractivity contribution in [2.75, 3.05) is 9.80 Å². The summed E-state index contributed by atoms with van der Waals surface area (Å²) >= 11 is 7.64. The Labute approximate surface area is 318 Å². The van der Waals surface area contributed by atoms with Gasteiger partial charge in [-0.05, 0) is 98.5 Å². The third kappa shape index (κ3) is 8.44. The second kappa shape index (κ2) is 14.4.